The van der Waals surface area contributed by atoms with Gasteiger partial charge in [-0.3, -0.25) is 4.79 Å². The van der Waals surface area contributed by atoms with Gasteiger partial charge in [0.2, 0.25) is 35.1 Å². The van der Waals surface area contributed by atoms with Crippen LogP contribution in [0.1, 0.15) is 44.8 Å². The van der Waals surface area contributed by atoms with E-state index in [1.165, 1.54) is 40.6 Å². The number of aromatic nitrogens is 4. The van der Waals surface area contributed by atoms with Crippen molar-refractivity contribution in [3.63, 3.8) is 0 Å². The summed E-state index contributed by atoms with van der Waals surface area (Å²) >= 11 is 0. The van der Waals surface area contributed by atoms with Crippen molar-refractivity contribution in [2.24, 2.45) is 0 Å². The number of hydrogen-bond acceptors (Lipinski definition) is 14. The molecule has 0 amide bonds. The van der Waals surface area contributed by atoms with Crippen molar-refractivity contribution in [3.8, 4) is 23.5 Å². The number of aliphatic hydroxyl groups excluding tert-OH is 1. The fourth-order valence-corrected chi connectivity index (χ4v) is 3.97. The van der Waals surface area contributed by atoms with Gasteiger partial charge in [-0.05, 0) is 6.07 Å². The molecule has 0 fully saturated rings. The third-order valence-electron chi connectivity index (χ3n) is 6.23. The monoisotopic (exact) mass is 608 g/mol. The van der Waals surface area contributed by atoms with Crippen molar-refractivity contribution >= 4 is 17.2 Å². The lowest BCUT2D eigenvalue weighted by Gasteiger charge is -2.16. The Bertz CT molecular complexity index is 1520. The Kier molecular flexibility index (Phi) is 12.1. The number of nitrogens with zero attached hydrogens (tertiary/aromatic N) is 4. The van der Waals surface area contributed by atoms with Crippen LogP contribution in [0.15, 0.2) is 48.5 Å². The molecule has 2 aromatic heterocycles. The fourth-order valence-electron chi connectivity index (χ4n) is 3.97. The minimum atomic E-state index is -1.10. The van der Waals surface area contributed by atoms with Crippen LogP contribution in [0.25, 0.3) is 0 Å². The summed E-state index contributed by atoms with van der Waals surface area (Å²) in [6, 6.07) is 13.5. The number of benzene rings is 2. The number of ketones is 1. The number of nitrogen functional groups attached to an aromatic ring is 2. The molecule has 2 aromatic carbocycles. The largest absolute Gasteiger partial charge is 0.481 e. The van der Waals surface area contributed by atoms with Crippen LogP contribution in [0.4, 0.5) is 11.4 Å². The predicted molar refractivity (Wildman–Crippen MR) is 161 cm³/mol. The SMILES string of the molecule is COCc1cccc(C(=O)c2nc(OC)cc(OC)n2)c1N.COCc1cccc(C(O)c2nc(OC)cc(OC)n2)c1N. The maximum Gasteiger partial charge on any atom is 0.232 e. The Morgan fingerprint density at radius 1 is 0.705 bits per heavy atom. The maximum absolute atomic E-state index is 12.6. The lowest BCUT2D eigenvalue weighted by atomic mass is 10.0. The Labute approximate surface area is 254 Å². The Morgan fingerprint density at radius 2 is 1.16 bits per heavy atom. The van der Waals surface area contributed by atoms with Crippen LogP contribution >= 0.6 is 0 Å². The van der Waals surface area contributed by atoms with E-state index in [1.807, 2.05) is 6.07 Å². The van der Waals surface area contributed by atoms with Crippen LogP contribution in [0.5, 0.6) is 23.5 Å². The third-order valence-corrected chi connectivity index (χ3v) is 6.23. The number of para-hydroxylation sites is 2. The number of rotatable bonds is 12. The maximum atomic E-state index is 12.6. The average molecular weight is 609 g/mol. The standard InChI is InChI=1S/C15H19N3O4.C15H17N3O4/c2*1-20-8-9-5-4-6-10(13(9)16)14(19)15-17-11(21-2)7-12(18-15)22-3/h4-7,14,19H,8,16H2,1-3H3;4-7H,8,16H2,1-3H3. The molecule has 44 heavy (non-hydrogen) atoms. The van der Waals surface area contributed by atoms with E-state index >= 15 is 0 Å². The zero-order chi connectivity index (χ0) is 32.2. The zero-order valence-electron chi connectivity index (χ0n) is 25.4. The Hall–Kier alpha value is -5.05. The van der Waals surface area contributed by atoms with E-state index in [1.54, 1.807) is 44.6 Å². The van der Waals surface area contributed by atoms with Gasteiger partial charge in [-0.2, -0.15) is 19.9 Å². The highest BCUT2D eigenvalue weighted by Crippen LogP contribution is 2.30. The van der Waals surface area contributed by atoms with E-state index < -0.39 is 11.9 Å². The molecular weight excluding hydrogens is 572 g/mol. The van der Waals surface area contributed by atoms with Gasteiger partial charge in [0, 0.05) is 47.8 Å². The van der Waals surface area contributed by atoms with Crippen LogP contribution in [0.2, 0.25) is 0 Å². The molecule has 5 N–H and O–H groups in total. The molecule has 4 rings (SSSR count). The average Bonchev–Trinajstić information content (AvgIpc) is 3.05. The first-order chi connectivity index (χ1) is 21.2. The molecule has 0 bridgehead atoms. The summed E-state index contributed by atoms with van der Waals surface area (Å²) in [5.41, 5.74) is 15.2. The highest BCUT2D eigenvalue weighted by atomic mass is 16.5. The van der Waals surface area contributed by atoms with Crippen molar-refractivity contribution in [1.82, 2.24) is 19.9 Å². The van der Waals surface area contributed by atoms with Crippen LogP contribution in [0.3, 0.4) is 0 Å². The molecule has 0 saturated carbocycles. The molecule has 0 aliphatic carbocycles. The fraction of sp³-hybridized carbons (Fsp3) is 0.300. The molecule has 0 aliphatic rings. The van der Waals surface area contributed by atoms with E-state index in [0.29, 0.717) is 47.5 Å². The molecule has 234 valence electrons. The number of ether oxygens (including phenoxy) is 6. The van der Waals surface area contributed by atoms with E-state index in [9.17, 15) is 9.90 Å². The smallest absolute Gasteiger partial charge is 0.232 e. The van der Waals surface area contributed by atoms with Gasteiger partial charge >= 0.3 is 0 Å². The van der Waals surface area contributed by atoms with E-state index in [4.69, 9.17) is 39.9 Å². The van der Waals surface area contributed by atoms with E-state index in [2.05, 4.69) is 19.9 Å². The number of nitrogens with two attached hydrogens (primary N) is 2. The second-order valence-electron chi connectivity index (χ2n) is 8.98. The van der Waals surface area contributed by atoms with Crippen molar-refractivity contribution in [2.45, 2.75) is 19.3 Å². The predicted octanol–water partition coefficient (Wildman–Crippen LogP) is 2.76. The van der Waals surface area contributed by atoms with Gasteiger partial charge in [0.05, 0.1) is 53.8 Å². The van der Waals surface area contributed by atoms with Gasteiger partial charge in [0.25, 0.3) is 0 Å². The van der Waals surface area contributed by atoms with Gasteiger partial charge in [-0.15, -0.1) is 0 Å². The minimum absolute atomic E-state index is 0.0440. The summed E-state index contributed by atoms with van der Waals surface area (Å²) in [6.07, 6.45) is -1.10. The normalized spacial score (nSPS) is 11.2. The second kappa shape index (κ2) is 16.0. The van der Waals surface area contributed by atoms with Gasteiger partial charge < -0.3 is 45.0 Å². The number of carbonyl (C=O) groups excluding carboxylic acids is 1. The topological polar surface area (TPSA) is 196 Å². The molecule has 0 aliphatic heterocycles. The molecule has 14 nitrogen and oxygen atoms in total. The van der Waals surface area contributed by atoms with E-state index in [-0.39, 0.29) is 23.4 Å². The van der Waals surface area contributed by atoms with Crippen molar-refractivity contribution in [2.75, 3.05) is 54.1 Å². The first kappa shape index (κ1) is 33.5. The second-order valence-corrected chi connectivity index (χ2v) is 8.98. The summed E-state index contributed by atoms with van der Waals surface area (Å²) in [5, 5.41) is 10.5. The molecule has 14 heteroatoms. The lowest BCUT2D eigenvalue weighted by molar-refractivity contribution is 0.102. The molecule has 2 heterocycles. The number of methoxy groups -OCH3 is 6. The van der Waals surface area contributed by atoms with Crippen molar-refractivity contribution in [1.29, 1.82) is 0 Å². The molecule has 0 spiro atoms. The van der Waals surface area contributed by atoms with Crippen LogP contribution in [0, 0.1) is 0 Å². The first-order valence-electron chi connectivity index (χ1n) is 13.1. The first-order valence-corrected chi connectivity index (χ1v) is 13.1. The molecule has 4 aromatic rings. The molecule has 1 atom stereocenters. The summed E-state index contributed by atoms with van der Waals surface area (Å²) in [6.45, 7) is 0.671. The van der Waals surface area contributed by atoms with E-state index in [0.717, 1.165) is 11.1 Å². The highest BCUT2D eigenvalue weighted by molar-refractivity contribution is 6.10. The minimum Gasteiger partial charge on any atom is -0.481 e. The Balaban J connectivity index is 0.000000240. The number of carbonyl (C=O) groups is 1. The summed E-state index contributed by atoms with van der Waals surface area (Å²) in [4.78, 5) is 29.0. The molecule has 0 saturated heterocycles. The summed E-state index contributed by atoms with van der Waals surface area (Å²) in [5.74, 6) is 0.770. The third kappa shape index (κ3) is 8.06. The van der Waals surface area contributed by atoms with Crippen LogP contribution in [-0.4, -0.2) is 73.5 Å². The van der Waals surface area contributed by atoms with Crippen molar-refractivity contribution in [3.05, 3.63) is 82.4 Å². The van der Waals surface area contributed by atoms with Gasteiger partial charge in [0.15, 0.2) is 5.82 Å². The summed E-state index contributed by atoms with van der Waals surface area (Å²) in [7, 11) is 8.99. The van der Waals surface area contributed by atoms with Crippen LogP contribution in [-0.2, 0) is 22.7 Å². The lowest BCUT2D eigenvalue weighted by Crippen LogP contribution is -2.12. The molecule has 0 radical (unpaired) electrons. The molecular formula is C30H36N6O8. The van der Waals surface area contributed by atoms with Gasteiger partial charge in [-0.25, -0.2) is 0 Å². The molecule has 1 unspecified atom stereocenters. The summed E-state index contributed by atoms with van der Waals surface area (Å²) < 4.78 is 30.4. The number of aliphatic hydroxyl groups is 1. The van der Waals surface area contributed by atoms with Gasteiger partial charge in [-0.1, -0.05) is 30.3 Å². The highest BCUT2D eigenvalue weighted by Gasteiger charge is 2.21. The zero-order valence-corrected chi connectivity index (χ0v) is 25.4. The van der Waals surface area contributed by atoms with Gasteiger partial charge in [0.1, 0.15) is 6.10 Å². The Morgan fingerprint density at radius 3 is 1.64 bits per heavy atom. The number of anilines is 2. The van der Waals surface area contributed by atoms with Crippen LogP contribution < -0.4 is 30.4 Å². The number of hydrogen-bond donors (Lipinski definition) is 3. The quantitative estimate of drug-likeness (QED) is 0.157. The van der Waals surface area contributed by atoms with Crippen molar-refractivity contribution < 1.29 is 38.3 Å².